The molecule has 1 aromatic carbocycles. The molecule has 3 N–H and O–H groups in total. The Morgan fingerprint density at radius 2 is 1.85 bits per heavy atom. The Labute approximate surface area is 119 Å². The molecule has 0 bridgehead atoms. The molecule has 0 spiro atoms. The number of hydrogen-bond acceptors (Lipinski definition) is 3. The van der Waals surface area contributed by atoms with Gasteiger partial charge in [-0.3, -0.25) is 9.59 Å². The monoisotopic (exact) mass is 275 g/mol. The molecule has 5 heteroatoms. The topological polar surface area (TPSA) is 75.4 Å². The molecule has 0 atom stereocenters. The van der Waals surface area contributed by atoms with Crippen molar-refractivity contribution in [3.05, 3.63) is 29.8 Å². The number of nitrogens with zero attached hydrogens (tertiary/aromatic N) is 1. The molecule has 108 valence electrons. The summed E-state index contributed by atoms with van der Waals surface area (Å²) in [4.78, 5) is 25.5. The molecule has 1 aromatic rings. The third-order valence-electron chi connectivity index (χ3n) is 3.55. The molecule has 20 heavy (non-hydrogen) atoms. The number of benzene rings is 1. The molecular formula is C15H21N3O2. The van der Waals surface area contributed by atoms with E-state index in [1.54, 1.807) is 6.07 Å². The average Bonchev–Trinajstić information content (AvgIpc) is 2.48. The van der Waals surface area contributed by atoms with Gasteiger partial charge in [0.1, 0.15) is 0 Å². The number of carbonyl (C=O) groups excluding carboxylic acids is 2. The fraction of sp³-hybridized carbons (Fsp3) is 0.467. The van der Waals surface area contributed by atoms with Crippen molar-refractivity contribution in [1.82, 2.24) is 10.2 Å². The Morgan fingerprint density at radius 1 is 1.15 bits per heavy atom. The van der Waals surface area contributed by atoms with Crippen LogP contribution in [0, 0.1) is 0 Å². The minimum atomic E-state index is -0.173. The highest BCUT2D eigenvalue weighted by Crippen LogP contribution is 2.11. The van der Waals surface area contributed by atoms with Gasteiger partial charge < -0.3 is 16.0 Å². The van der Waals surface area contributed by atoms with E-state index in [1.165, 1.54) is 6.42 Å². The maximum atomic E-state index is 11.9. The molecule has 1 saturated heterocycles. The summed E-state index contributed by atoms with van der Waals surface area (Å²) in [6.07, 6.45) is 3.50. The van der Waals surface area contributed by atoms with Crippen LogP contribution in [0.15, 0.2) is 24.3 Å². The van der Waals surface area contributed by atoms with Crippen LogP contribution in [-0.2, 0) is 16.0 Å². The fourth-order valence-corrected chi connectivity index (χ4v) is 2.36. The van der Waals surface area contributed by atoms with Crippen molar-refractivity contribution in [2.45, 2.75) is 25.7 Å². The molecule has 0 unspecified atom stereocenters. The zero-order valence-electron chi connectivity index (χ0n) is 11.6. The number of amides is 2. The Kier molecular flexibility index (Phi) is 4.98. The van der Waals surface area contributed by atoms with E-state index in [0.29, 0.717) is 5.69 Å². The highest BCUT2D eigenvalue weighted by Gasteiger charge is 2.17. The van der Waals surface area contributed by atoms with Crippen molar-refractivity contribution in [2.24, 2.45) is 0 Å². The van der Waals surface area contributed by atoms with E-state index in [0.717, 1.165) is 31.5 Å². The van der Waals surface area contributed by atoms with Gasteiger partial charge >= 0.3 is 0 Å². The lowest BCUT2D eigenvalue weighted by atomic mass is 10.1. The molecule has 0 aliphatic carbocycles. The molecule has 2 rings (SSSR count). The number of nitrogens with one attached hydrogen (secondary N) is 1. The van der Waals surface area contributed by atoms with Gasteiger partial charge in [-0.05, 0) is 30.9 Å². The highest BCUT2D eigenvalue weighted by atomic mass is 16.2. The molecule has 1 aliphatic rings. The molecule has 2 amide bonds. The van der Waals surface area contributed by atoms with Crippen LogP contribution in [-0.4, -0.2) is 36.3 Å². The molecule has 1 aliphatic heterocycles. The minimum Gasteiger partial charge on any atom is -0.398 e. The van der Waals surface area contributed by atoms with Crippen LogP contribution in [0.25, 0.3) is 0 Å². The summed E-state index contributed by atoms with van der Waals surface area (Å²) in [5.41, 5.74) is 7.18. The zero-order chi connectivity index (χ0) is 14.4. The van der Waals surface area contributed by atoms with Crippen LogP contribution in [0.1, 0.15) is 24.8 Å². The number of anilines is 1. The van der Waals surface area contributed by atoms with Crippen molar-refractivity contribution < 1.29 is 9.59 Å². The van der Waals surface area contributed by atoms with Gasteiger partial charge in [-0.1, -0.05) is 18.2 Å². The lowest BCUT2D eigenvalue weighted by Crippen LogP contribution is -2.42. The van der Waals surface area contributed by atoms with Gasteiger partial charge in [0.05, 0.1) is 13.0 Å². The zero-order valence-corrected chi connectivity index (χ0v) is 11.6. The van der Waals surface area contributed by atoms with Crippen LogP contribution in [0.3, 0.4) is 0 Å². The number of carbonyl (C=O) groups is 2. The predicted molar refractivity (Wildman–Crippen MR) is 78.0 cm³/mol. The van der Waals surface area contributed by atoms with Crippen molar-refractivity contribution in [2.75, 3.05) is 25.4 Å². The first kappa shape index (κ1) is 14.4. The van der Waals surface area contributed by atoms with Gasteiger partial charge in [0.15, 0.2) is 0 Å². The summed E-state index contributed by atoms with van der Waals surface area (Å²) in [6.45, 7) is 1.69. The minimum absolute atomic E-state index is 0.000849. The third-order valence-corrected chi connectivity index (χ3v) is 3.55. The molecule has 0 aromatic heterocycles. The number of para-hydroxylation sites is 1. The number of nitrogens with two attached hydrogens (primary N) is 1. The Hall–Kier alpha value is -2.04. The number of likely N-dealkylation sites (tertiary alicyclic amines) is 1. The predicted octanol–water partition coefficient (Wildman–Crippen LogP) is 0.940. The number of rotatable bonds is 4. The van der Waals surface area contributed by atoms with Gasteiger partial charge in [0, 0.05) is 18.8 Å². The van der Waals surface area contributed by atoms with Crippen molar-refractivity contribution in [3.63, 3.8) is 0 Å². The first-order valence-corrected chi connectivity index (χ1v) is 7.04. The summed E-state index contributed by atoms with van der Waals surface area (Å²) >= 11 is 0. The van der Waals surface area contributed by atoms with Gasteiger partial charge in [0.2, 0.25) is 11.8 Å². The first-order chi connectivity index (χ1) is 9.66. The standard InChI is InChI=1S/C15H21N3O2/c16-13-7-3-2-6-12(13)10-14(19)17-11-15(20)18-8-4-1-5-9-18/h2-3,6-7H,1,4-5,8-11,16H2,(H,17,19). The van der Waals surface area contributed by atoms with E-state index in [1.807, 2.05) is 23.1 Å². The smallest absolute Gasteiger partial charge is 0.241 e. The lowest BCUT2D eigenvalue weighted by Gasteiger charge is -2.26. The molecule has 1 fully saturated rings. The Balaban J connectivity index is 1.77. The largest absolute Gasteiger partial charge is 0.398 e. The van der Waals surface area contributed by atoms with Crippen LogP contribution in [0.4, 0.5) is 5.69 Å². The van der Waals surface area contributed by atoms with E-state index in [9.17, 15) is 9.59 Å². The van der Waals surface area contributed by atoms with E-state index in [-0.39, 0.29) is 24.8 Å². The van der Waals surface area contributed by atoms with E-state index < -0.39 is 0 Å². The normalized spacial score (nSPS) is 14.9. The summed E-state index contributed by atoms with van der Waals surface area (Å²) in [6, 6.07) is 7.26. The van der Waals surface area contributed by atoms with Crippen LogP contribution < -0.4 is 11.1 Å². The third kappa shape index (κ3) is 3.98. The van der Waals surface area contributed by atoms with Crippen LogP contribution >= 0.6 is 0 Å². The lowest BCUT2D eigenvalue weighted by molar-refractivity contribution is -0.133. The van der Waals surface area contributed by atoms with Gasteiger partial charge in [0.25, 0.3) is 0 Å². The van der Waals surface area contributed by atoms with Gasteiger partial charge in [-0.2, -0.15) is 0 Å². The number of hydrogen-bond donors (Lipinski definition) is 2. The number of piperidine rings is 1. The summed E-state index contributed by atoms with van der Waals surface area (Å²) < 4.78 is 0. The van der Waals surface area contributed by atoms with Crippen molar-refractivity contribution in [1.29, 1.82) is 0 Å². The number of nitrogen functional groups attached to an aromatic ring is 1. The average molecular weight is 275 g/mol. The van der Waals surface area contributed by atoms with Crippen molar-refractivity contribution in [3.8, 4) is 0 Å². The second-order valence-corrected chi connectivity index (χ2v) is 5.09. The van der Waals surface area contributed by atoms with E-state index in [2.05, 4.69) is 5.32 Å². The molecule has 1 heterocycles. The van der Waals surface area contributed by atoms with Crippen molar-refractivity contribution >= 4 is 17.5 Å². The van der Waals surface area contributed by atoms with Crippen LogP contribution in [0.2, 0.25) is 0 Å². The quantitative estimate of drug-likeness (QED) is 0.803. The molecule has 0 radical (unpaired) electrons. The summed E-state index contributed by atoms with van der Waals surface area (Å²) in [5.74, 6) is -0.174. The second kappa shape index (κ2) is 6.93. The molecule has 0 saturated carbocycles. The fourth-order valence-electron chi connectivity index (χ4n) is 2.36. The maximum Gasteiger partial charge on any atom is 0.241 e. The van der Waals surface area contributed by atoms with E-state index >= 15 is 0 Å². The second-order valence-electron chi connectivity index (χ2n) is 5.09. The first-order valence-electron chi connectivity index (χ1n) is 7.04. The van der Waals surface area contributed by atoms with E-state index in [4.69, 9.17) is 5.73 Å². The molecular weight excluding hydrogens is 254 g/mol. The summed E-state index contributed by atoms with van der Waals surface area (Å²) in [5, 5.41) is 2.67. The SMILES string of the molecule is Nc1ccccc1CC(=O)NCC(=O)N1CCCCC1. The molecule has 5 nitrogen and oxygen atoms in total. The Bertz CT molecular complexity index is 482. The van der Waals surface area contributed by atoms with Gasteiger partial charge in [-0.15, -0.1) is 0 Å². The maximum absolute atomic E-state index is 11.9. The Morgan fingerprint density at radius 3 is 2.55 bits per heavy atom. The van der Waals surface area contributed by atoms with Gasteiger partial charge in [-0.25, -0.2) is 0 Å². The highest BCUT2D eigenvalue weighted by molar-refractivity contribution is 5.86. The van der Waals surface area contributed by atoms with Crippen LogP contribution in [0.5, 0.6) is 0 Å². The summed E-state index contributed by atoms with van der Waals surface area (Å²) in [7, 11) is 0.